The summed E-state index contributed by atoms with van der Waals surface area (Å²) < 4.78 is 6.76. The van der Waals surface area contributed by atoms with Crippen LogP contribution >= 0.6 is 0 Å². The van der Waals surface area contributed by atoms with E-state index in [9.17, 15) is 4.79 Å². The van der Waals surface area contributed by atoms with Gasteiger partial charge in [-0.25, -0.2) is 0 Å². The topological polar surface area (TPSA) is 56.2 Å². The third-order valence-corrected chi connectivity index (χ3v) is 3.08. The number of aromatic nitrogens is 2. The molecule has 0 bridgehead atoms. The van der Waals surface area contributed by atoms with E-state index in [-0.39, 0.29) is 5.97 Å². The third kappa shape index (κ3) is 4.14. The maximum absolute atomic E-state index is 11.7. The van der Waals surface area contributed by atoms with E-state index < -0.39 is 5.54 Å². The molecule has 0 aromatic carbocycles. The van der Waals surface area contributed by atoms with Crippen LogP contribution < -0.4 is 5.32 Å². The first-order chi connectivity index (χ1) is 8.62. The average Bonchev–Trinajstić information content (AvgIpc) is 2.87. The standard InChI is InChI=1S/C13H23N3O2/c1-4-14-13(2,12(17)18-3)8-5-6-10-16-11-7-9-15-16/h7,9,11,14H,4-6,8,10H2,1-3H3. The lowest BCUT2D eigenvalue weighted by Gasteiger charge is -2.27. The largest absolute Gasteiger partial charge is 0.468 e. The number of carbonyl (C=O) groups is 1. The van der Waals surface area contributed by atoms with Crippen LogP contribution in [0, 0.1) is 0 Å². The van der Waals surface area contributed by atoms with Gasteiger partial charge in [-0.2, -0.15) is 5.10 Å². The van der Waals surface area contributed by atoms with Gasteiger partial charge in [-0.3, -0.25) is 9.48 Å². The van der Waals surface area contributed by atoms with Gasteiger partial charge >= 0.3 is 5.97 Å². The van der Waals surface area contributed by atoms with Crippen LogP contribution in [-0.2, 0) is 16.1 Å². The Balaban J connectivity index is 2.35. The average molecular weight is 253 g/mol. The van der Waals surface area contributed by atoms with Gasteiger partial charge in [-0.1, -0.05) is 6.92 Å². The zero-order chi connectivity index (χ0) is 13.4. The second-order valence-corrected chi connectivity index (χ2v) is 4.58. The molecule has 0 saturated heterocycles. The van der Waals surface area contributed by atoms with Crippen molar-refractivity contribution in [2.75, 3.05) is 13.7 Å². The summed E-state index contributed by atoms with van der Waals surface area (Å²) >= 11 is 0. The maximum atomic E-state index is 11.7. The summed E-state index contributed by atoms with van der Waals surface area (Å²) in [5, 5.41) is 7.35. The monoisotopic (exact) mass is 253 g/mol. The van der Waals surface area contributed by atoms with E-state index in [0.717, 1.165) is 32.4 Å². The molecule has 0 aliphatic carbocycles. The number of ether oxygens (including phenoxy) is 1. The molecule has 0 fully saturated rings. The molecule has 18 heavy (non-hydrogen) atoms. The zero-order valence-corrected chi connectivity index (χ0v) is 11.5. The number of rotatable bonds is 8. The molecule has 0 saturated carbocycles. The number of carbonyl (C=O) groups excluding carboxylic acids is 1. The minimum Gasteiger partial charge on any atom is -0.468 e. The Morgan fingerprint density at radius 3 is 2.83 bits per heavy atom. The predicted molar refractivity (Wildman–Crippen MR) is 70.2 cm³/mol. The van der Waals surface area contributed by atoms with Crippen LogP contribution in [0.4, 0.5) is 0 Å². The molecule has 1 N–H and O–H groups in total. The second-order valence-electron chi connectivity index (χ2n) is 4.58. The van der Waals surface area contributed by atoms with Gasteiger partial charge < -0.3 is 10.1 Å². The minimum atomic E-state index is -0.576. The normalized spacial score (nSPS) is 14.2. The summed E-state index contributed by atoms with van der Waals surface area (Å²) in [6.07, 6.45) is 6.45. The highest BCUT2D eigenvalue weighted by atomic mass is 16.5. The van der Waals surface area contributed by atoms with E-state index in [4.69, 9.17) is 4.74 Å². The van der Waals surface area contributed by atoms with Gasteiger partial charge in [0.2, 0.25) is 0 Å². The molecule has 1 aromatic rings. The Morgan fingerprint density at radius 1 is 1.50 bits per heavy atom. The molecular weight excluding hydrogens is 230 g/mol. The van der Waals surface area contributed by atoms with E-state index in [1.54, 1.807) is 6.20 Å². The van der Waals surface area contributed by atoms with Crippen LogP contribution in [0.25, 0.3) is 0 Å². The predicted octanol–water partition coefficient (Wildman–Crippen LogP) is 1.59. The van der Waals surface area contributed by atoms with Crippen molar-refractivity contribution in [1.29, 1.82) is 0 Å². The lowest BCUT2D eigenvalue weighted by Crippen LogP contribution is -2.50. The summed E-state index contributed by atoms with van der Waals surface area (Å²) in [5.41, 5.74) is -0.576. The molecule has 1 heterocycles. The van der Waals surface area contributed by atoms with Gasteiger partial charge in [-0.15, -0.1) is 0 Å². The van der Waals surface area contributed by atoms with Crippen LogP contribution in [0.2, 0.25) is 0 Å². The number of unbranched alkanes of at least 4 members (excludes halogenated alkanes) is 1. The van der Waals surface area contributed by atoms with Crippen molar-refractivity contribution < 1.29 is 9.53 Å². The molecule has 102 valence electrons. The highest BCUT2D eigenvalue weighted by molar-refractivity contribution is 5.80. The number of aryl methyl sites for hydroxylation is 1. The number of nitrogens with zero attached hydrogens (tertiary/aromatic N) is 2. The number of nitrogens with one attached hydrogen (secondary N) is 1. The van der Waals surface area contributed by atoms with Crippen LogP contribution in [0.3, 0.4) is 0 Å². The fourth-order valence-corrected chi connectivity index (χ4v) is 2.06. The van der Waals surface area contributed by atoms with Crippen LogP contribution in [0.1, 0.15) is 33.1 Å². The smallest absolute Gasteiger partial charge is 0.325 e. The summed E-state index contributed by atoms with van der Waals surface area (Å²) in [7, 11) is 1.43. The molecule has 0 amide bonds. The highest BCUT2D eigenvalue weighted by Crippen LogP contribution is 2.16. The summed E-state index contributed by atoms with van der Waals surface area (Å²) in [4.78, 5) is 11.7. The molecule has 1 atom stereocenters. The SMILES string of the molecule is CCNC(C)(CCCCn1cccn1)C(=O)OC. The van der Waals surface area contributed by atoms with Gasteiger partial charge in [-0.05, 0) is 38.8 Å². The molecule has 0 aliphatic heterocycles. The molecule has 5 nitrogen and oxygen atoms in total. The Kier molecular flexibility index (Phi) is 5.85. The number of likely N-dealkylation sites (N-methyl/N-ethyl adjacent to an activating group) is 1. The molecule has 0 aliphatic rings. The molecule has 5 heteroatoms. The Hall–Kier alpha value is -1.36. The van der Waals surface area contributed by atoms with Gasteiger partial charge in [0, 0.05) is 18.9 Å². The quantitative estimate of drug-likeness (QED) is 0.564. The van der Waals surface area contributed by atoms with Gasteiger partial charge in [0.15, 0.2) is 0 Å². The molecule has 0 spiro atoms. The summed E-state index contributed by atoms with van der Waals surface area (Å²) in [5.74, 6) is -0.191. The molecule has 1 aromatic heterocycles. The Labute approximate surface area is 109 Å². The second kappa shape index (κ2) is 7.16. The van der Waals surface area contributed by atoms with Crippen molar-refractivity contribution in [3.8, 4) is 0 Å². The van der Waals surface area contributed by atoms with E-state index in [1.165, 1.54) is 7.11 Å². The lowest BCUT2D eigenvalue weighted by atomic mass is 9.95. The summed E-state index contributed by atoms with van der Waals surface area (Å²) in [6, 6.07) is 1.91. The zero-order valence-electron chi connectivity index (χ0n) is 11.5. The first kappa shape index (κ1) is 14.7. The van der Waals surface area contributed by atoms with E-state index in [2.05, 4.69) is 10.4 Å². The number of methoxy groups -OCH3 is 1. The Bertz CT molecular complexity index is 351. The fraction of sp³-hybridized carbons (Fsp3) is 0.692. The van der Waals surface area contributed by atoms with Crippen molar-refractivity contribution in [2.24, 2.45) is 0 Å². The van der Waals surface area contributed by atoms with E-state index >= 15 is 0 Å². The molecular formula is C13H23N3O2. The van der Waals surface area contributed by atoms with Crippen molar-refractivity contribution in [1.82, 2.24) is 15.1 Å². The van der Waals surface area contributed by atoms with Gasteiger partial charge in [0.25, 0.3) is 0 Å². The van der Waals surface area contributed by atoms with E-state index in [0.29, 0.717) is 0 Å². The minimum absolute atomic E-state index is 0.191. The number of esters is 1. The van der Waals surface area contributed by atoms with Crippen LogP contribution in [0.15, 0.2) is 18.5 Å². The van der Waals surface area contributed by atoms with Crippen molar-refractivity contribution >= 4 is 5.97 Å². The van der Waals surface area contributed by atoms with Gasteiger partial charge in [0.05, 0.1) is 7.11 Å². The highest BCUT2D eigenvalue weighted by Gasteiger charge is 2.32. The van der Waals surface area contributed by atoms with E-state index in [1.807, 2.05) is 30.8 Å². The van der Waals surface area contributed by atoms with Crippen molar-refractivity contribution in [2.45, 2.75) is 45.2 Å². The maximum Gasteiger partial charge on any atom is 0.325 e. The van der Waals surface area contributed by atoms with Crippen molar-refractivity contribution in [3.63, 3.8) is 0 Å². The molecule has 0 radical (unpaired) electrons. The van der Waals surface area contributed by atoms with Crippen LogP contribution in [-0.4, -0.2) is 34.9 Å². The third-order valence-electron chi connectivity index (χ3n) is 3.08. The van der Waals surface area contributed by atoms with Gasteiger partial charge in [0.1, 0.15) is 5.54 Å². The first-order valence-corrected chi connectivity index (χ1v) is 6.43. The number of hydrogen-bond donors (Lipinski definition) is 1. The summed E-state index contributed by atoms with van der Waals surface area (Å²) in [6.45, 7) is 5.53. The molecule has 1 rings (SSSR count). The number of hydrogen-bond acceptors (Lipinski definition) is 4. The van der Waals surface area contributed by atoms with Crippen molar-refractivity contribution in [3.05, 3.63) is 18.5 Å². The Morgan fingerprint density at radius 2 is 2.28 bits per heavy atom. The fourth-order valence-electron chi connectivity index (χ4n) is 2.06. The molecule has 1 unspecified atom stereocenters. The lowest BCUT2D eigenvalue weighted by molar-refractivity contribution is -0.148. The van der Waals surface area contributed by atoms with Crippen LogP contribution in [0.5, 0.6) is 0 Å². The first-order valence-electron chi connectivity index (χ1n) is 6.43.